The summed E-state index contributed by atoms with van der Waals surface area (Å²) in [5.74, 6) is 3.93. The highest BCUT2D eigenvalue weighted by Gasteiger charge is 2.14. The van der Waals surface area contributed by atoms with Crippen LogP contribution in [0.4, 0.5) is 11.5 Å². The first-order valence-corrected chi connectivity index (χ1v) is 5.81. The Morgan fingerprint density at radius 2 is 2.00 bits per heavy atom. The van der Waals surface area contributed by atoms with Crippen LogP contribution in [-0.2, 0) is 14.3 Å². The average Bonchev–Trinajstić information content (AvgIpc) is 2.48. The predicted octanol–water partition coefficient (Wildman–Crippen LogP) is -1.15. The predicted molar refractivity (Wildman–Crippen MR) is 68.2 cm³/mol. The number of nitrogens with two attached hydrogens (primary N) is 1. The van der Waals surface area contributed by atoms with Crippen molar-refractivity contribution >= 4 is 23.3 Å². The lowest BCUT2D eigenvalue weighted by molar-refractivity contribution is -0.136. The summed E-state index contributed by atoms with van der Waals surface area (Å²) < 4.78 is 5.25. The Morgan fingerprint density at radius 1 is 1.26 bits per heavy atom. The minimum atomic E-state index is -0.905. The van der Waals surface area contributed by atoms with E-state index in [-0.39, 0.29) is 0 Å². The van der Waals surface area contributed by atoms with Crippen molar-refractivity contribution in [3.05, 3.63) is 18.3 Å². The standard InChI is InChI=1S/C11H15N5O3/c12-15-11(18)10(17)14-8-1-2-9(13-7-8)16-3-5-19-6-4-16/h1-2,7H,3-6,12H2,(H,14,17)(H,15,18). The summed E-state index contributed by atoms with van der Waals surface area (Å²) in [6, 6.07) is 3.46. The molecule has 4 N–H and O–H groups in total. The van der Waals surface area contributed by atoms with Gasteiger partial charge in [-0.2, -0.15) is 0 Å². The third-order valence-corrected chi connectivity index (χ3v) is 2.68. The zero-order chi connectivity index (χ0) is 13.7. The second-order valence-corrected chi connectivity index (χ2v) is 3.93. The summed E-state index contributed by atoms with van der Waals surface area (Å²) in [6.45, 7) is 2.93. The fraction of sp³-hybridized carbons (Fsp3) is 0.364. The number of hydrogen-bond donors (Lipinski definition) is 3. The van der Waals surface area contributed by atoms with Gasteiger partial charge < -0.3 is 15.0 Å². The van der Waals surface area contributed by atoms with E-state index in [4.69, 9.17) is 10.6 Å². The largest absolute Gasteiger partial charge is 0.378 e. The molecule has 1 aliphatic heterocycles. The third kappa shape index (κ3) is 3.39. The molecular weight excluding hydrogens is 250 g/mol. The van der Waals surface area contributed by atoms with E-state index in [1.165, 1.54) is 6.20 Å². The number of pyridine rings is 1. The molecule has 1 aromatic rings. The summed E-state index contributed by atoms with van der Waals surface area (Å²) in [4.78, 5) is 28.5. The normalized spacial score (nSPS) is 14.9. The number of aromatic nitrogens is 1. The zero-order valence-electron chi connectivity index (χ0n) is 10.3. The van der Waals surface area contributed by atoms with Crippen LogP contribution in [0.1, 0.15) is 0 Å². The topological polar surface area (TPSA) is 110 Å². The number of ether oxygens (including phenoxy) is 1. The zero-order valence-corrected chi connectivity index (χ0v) is 10.3. The van der Waals surface area contributed by atoms with Crippen molar-refractivity contribution in [2.75, 3.05) is 36.5 Å². The van der Waals surface area contributed by atoms with Crippen molar-refractivity contribution in [2.45, 2.75) is 0 Å². The summed E-state index contributed by atoms with van der Waals surface area (Å²) in [7, 11) is 0. The molecule has 0 aromatic carbocycles. The van der Waals surface area contributed by atoms with E-state index in [1.807, 2.05) is 0 Å². The van der Waals surface area contributed by atoms with E-state index < -0.39 is 11.8 Å². The molecule has 102 valence electrons. The first-order valence-electron chi connectivity index (χ1n) is 5.81. The minimum Gasteiger partial charge on any atom is -0.378 e. The number of rotatable bonds is 2. The van der Waals surface area contributed by atoms with E-state index >= 15 is 0 Å². The van der Waals surface area contributed by atoms with Crippen LogP contribution in [0, 0.1) is 0 Å². The maximum absolute atomic E-state index is 11.3. The Labute approximate surface area is 109 Å². The average molecular weight is 265 g/mol. The quantitative estimate of drug-likeness (QED) is 0.269. The van der Waals surface area contributed by atoms with E-state index in [1.54, 1.807) is 17.6 Å². The summed E-state index contributed by atoms with van der Waals surface area (Å²) >= 11 is 0. The highest BCUT2D eigenvalue weighted by molar-refractivity contribution is 6.39. The van der Waals surface area contributed by atoms with Crippen LogP contribution < -0.4 is 21.5 Å². The molecule has 0 aliphatic carbocycles. The molecule has 8 heteroatoms. The third-order valence-electron chi connectivity index (χ3n) is 2.68. The molecule has 0 unspecified atom stereocenters. The van der Waals surface area contributed by atoms with Gasteiger partial charge in [-0.25, -0.2) is 10.8 Å². The van der Waals surface area contributed by atoms with Gasteiger partial charge in [0.25, 0.3) is 0 Å². The molecule has 0 bridgehead atoms. The van der Waals surface area contributed by atoms with Crippen molar-refractivity contribution in [1.82, 2.24) is 10.4 Å². The SMILES string of the molecule is NNC(=O)C(=O)Nc1ccc(N2CCOCC2)nc1. The fourth-order valence-corrected chi connectivity index (χ4v) is 1.69. The molecule has 8 nitrogen and oxygen atoms in total. The molecule has 0 spiro atoms. The van der Waals surface area contributed by atoms with E-state index in [0.29, 0.717) is 18.9 Å². The van der Waals surface area contributed by atoms with Gasteiger partial charge in [-0.1, -0.05) is 0 Å². The van der Waals surface area contributed by atoms with E-state index in [0.717, 1.165) is 18.9 Å². The molecule has 1 fully saturated rings. The maximum atomic E-state index is 11.3. The molecule has 0 radical (unpaired) electrons. The number of hydrogen-bond acceptors (Lipinski definition) is 6. The molecule has 0 saturated carbocycles. The number of nitrogens with one attached hydrogen (secondary N) is 2. The molecule has 1 aromatic heterocycles. The molecule has 2 heterocycles. The molecule has 2 amide bonds. The molecule has 1 saturated heterocycles. The first-order chi connectivity index (χ1) is 9.20. The van der Waals surface area contributed by atoms with Gasteiger partial charge in [0, 0.05) is 13.1 Å². The number of carbonyl (C=O) groups is 2. The van der Waals surface area contributed by atoms with Gasteiger partial charge in [-0.05, 0) is 12.1 Å². The van der Waals surface area contributed by atoms with Gasteiger partial charge in [0.1, 0.15) is 5.82 Å². The van der Waals surface area contributed by atoms with Gasteiger partial charge >= 0.3 is 11.8 Å². The van der Waals surface area contributed by atoms with Gasteiger partial charge in [0.05, 0.1) is 25.1 Å². The lowest BCUT2D eigenvalue weighted by Gasteiger charge is -2.27. The number of amides is 2. The van der Waals surface area contributed by atoms with Crippen molar-refractivity contribution in [1.29, 1.82) is 0 Å². The van der Waals surface area contributed by atoms with Crippen molar-refractivity contribution < 1.29 is 14.3 Å². The van der Waals surface area contributed by atoms with Gasteiger partial charge in [0.15, 0.2) is 0 Å². The van der Waals surface area contributed by atoms with E-state index in [2.05, 4.69) is 15.2 Å². The maximum Gasteiger partial charge on any atom is 0.323 e. The molecule has 0 atom stereocenters. The van der Waals surface area contributed by atoms with Crippen molar-refractivity contribution in [2.24, 2.45) is 5.84 Å². The van der Waals surface area contributed by atoms with Crippen LogP contribution in [0.3, 0.4) is 0 Å². The number of nitrogens with zero attached hydrogens (tertiary/aromatic N) is 2. The number of anilines is 2. The Bertz CT molecular complexity index is 456. The highest BCUT2D eigenvalue weighted by atomic mass is 16.5. The second-order valence-electron chi connectivity index (χ2n) is 3.93. The van der Waals surface area contributed by atoms with Crippen LogP contribution >= 0.6 is 0 Å². The number of hydrazine groups is 1. The van der Waals surface area contributed by atoms with Crippen LogP contribution in [0.5, 0.6) is 0 Å². The smallest absolute Gasteiger partial charge is 0.323 e. The Balaban J connectivity index is 1.98. The highest BCUT2D eigenvalue weighted by Crippen LogP contribution is 2.15. The summed E-state index contributed by atoms with van der Waals surface area (Å²) in [5.41, 5.74) is 2.19. The van der Waals surface area contributed by atoms with Crippen LogP contribution in [0.15, 0.2) is 18.3 Å². The summed E-state index contributed by atoms with van der Waals surface area (Å²) in [5, 5.41) is 2.39. The fourth-order valence-electron chi connectivity index (χ4n) is 1.69. The van der Waals surface area contributed by atoms with Gasteiger partial charge in [-0.15, -0.1) is 0 Å². The number of carbonyl (C=O) groups excluding carboxylic acids is 2. The van der Waals surface area contributed by atoms with Crippen LogP contribution in [0.25, 0.3) is 0 Å². The first kappa shape index (κ1) is 13.2. The van der Waals surface area contributed by atoms with Crippen molar-refractivity contribution in [3.63, 3.8) is 0 Å². The lowest BCUT2D eigenvalue weighted by atomic mass is 10.3. The van der Waals surface area contributed by atoms with Gasteiger partial charge in [-0.3, -0.25) is 15.0 Å². The molecule has 2 rings (SSSR count). The molecule has 19 heavy (non-hydrogen) atoms. The van der Waals surface area contributed by atoms with Crippen LogP contribution in [0.2, 0.25) is 0 Å². The van der Waals surface area contributed by atoms with E-state index in [9.17, 15) is 9.59 Å². The Hall–Kier alpha value is -2.19. The van der Waals surface area contributed by atoms with Gasteiger partial charge in [0.2, 0.25) is 0 Å². The minimum absolute atomic E-state index is 0.436. The summed E-state index contributed by atoms with van der Waals surface area (Å²) in [6.07, 6.45) is 1.49. The lowest BCUT2D eigenvalue weighted by Crippen LogP contribution is -2.39. The van der Waals surface area contributed by atoms with Crippen molar-refractivity contribution in [3.8, 4) is 0 Å². The monoisotopic (exact) mass is 265 g/mol. The molecular formula is C11H15N5O3. The second kappa shape index (κ2) is 6.12. The Morgan fingerprint density at radius 3 is 2.58 bits per heavy atom. The molecule has 1 aliphatic rings. The van der Waals surface area contributed by atoms with Crippen LogP contribution in [-0.4, -0.2) is 43.1 Å². The number of morpholine rings is 1. The Kier molecular flexibility index (Phi) is 4.26.